The first-order chi connectivity index (χ1) is 12.8. The Morgan fingerprint density at radius 2 is 2.00 bits per heavy atom. The minimum absolute atomic E-state index is 0.0255. The van der Waals surface area contributed by atoms with Gasteiger partial charge in [0.1, 0.15) is 5.82 Å². The van der Waals surface area contributed by atoms with E-state index in [0.717, 1.165) is 28.3 Å². The Labute approximate surface area is 150 Å². The molecule has 0 saturated carbocycles. The van der Waals surface area contributed by atoms with Crippen LogP contribution >= 0.6 is 0 Å². The predicted octanol–water partition coefficient (Wildman–Crippen LogP) is 2.26. The standard InChI is InChI=1S/C19H18N6O/c1-20-17(26)8-7-14-5-2-3-6-16(14)24-12-10-22-18(24)15-13-23-25-11-4-9-21-19(15)25/h2-6,9-13H,7-8H2,1H3,(H,20,26). The van der Waals surface area contributed by atoms with Crippen molar-refractivity contribution < 1.29 is 4.79 Å². The molecule has 130 valence electrons. The van der Waals surface area contributed by atoms with Crippen molar-refractivity contribution >= 4 is 11.6 Å². The number of benzene rings is 1. The smallest absolute Gasteiger partial charge is 0.220 e. The van der Waals surface area contributed by atoms with Crippen molar-refractivity contribution in [1.82, 2.24) is 29.5 Å². The van der Waals surface area contributed by atoms with Gasteiger partial charge in [0.25, 0.3) is 0 Å². The lowest BCUT2D eigenvalue weighted by atomic mass is 10.1. The minimum atomic E-state index is 0.0255. The highest BCUT2D eigenvalue weighted by Crippen LogP contribution is 2.26. The molecule has 7 nitrogen and oxygen atoms in total. The number of nitrogens with zero attached hydrogens (tertiary/aromatic N) is 5. The molecule has 0 atom stereocenters. The first-order valence-corrected chi connectivity index (χ1v) is 8.39. The molecule has 4 aromatic rings. The highest BCUT2D eigenvalue weighted by atomic mass is 16.1. The average Bonchev–Trinajstić information content (AvgIpc) is 3.32. The van der Waals surface area contributed by atoms with Crippen LogP contribution in [0.15, 0.2) is 61.3 Å². The summed E-state index contributed by atoms with van der Waals surface area (Å²) in [4.78, 5) is 20.6. The second-order valence-electron chi connectivity index (χ2n) is 5.87. The van der Waals surface area contributed by atoms with Gasteiger partial charge in [0.15, 0.2) is 5.65 Å². The second-order valence-corrected chi connectivity index (χ2v) is 5.87. The number of aryl methyl sites for hydroxylation is 1. The van der Waals surface area contributed by atoms with Gasteiger partial charge in [-0.2, -0.15) is 5.10 Å². The van der Waals surface area contributed by atoms with Crippen LogP contribution in [0.3, 0.4) is 0 Å². The topological polar surface area (TPSA) is 77.1 Å². The highest BCUT2D eigenvalue weighted by Gasteiger charge is 2.16. The molecule has 26 heavy (non-hydrogen) atoms. The van der Waals surface area contributed by atoms with Crippen molar-refractivity contribution in [2.75, 3.05) is 7.05 Å². The van der Waals surface area contributed by atoms with E-state index in [9.17, 15) is 4.79 Å². The van der Waals surface area contributed by atoms with E-state index in [0.29, 0.717) is 12.8 Å². The Hall–Kier alpha value is -3.48. The van der Waals surface area contributed by atoms with Crippen molar-refractivity contribution in [2.45, 2.75) is 12.8 Å². The number of fused-ring (bicyclic) bond motifs is 1. The molecule has 4 rings (SSSR count). The fourth-order valence-corrected chi connectivity index (χ4v) is 3.01. The Kier molecular flexibility index (Phi) is 4.18. The molecule has 0 saturated heterocycles. The molecular weight excluding hydrogens is 328 g/mol. The SMILES string of the molecule is CNC(=O)CCc1ccccc1-n1ccnc1-c1cnn2cccnc12. The van der Waals surface area contributed by atoms with Gasteiger partial charge in [0, 0.05) is 38.3 Å². The van der Waals surface area contributed by atoms with E-state index in [-0.39, 0.29) is 5.91 Å². The summed E-state index contributed by atoms with van der Waals surface area (Å²) in [5.74, 6) is 0.795. The molecule has 0 aliphatic rings. The Bertz CT molecular complexity index is 1060. The van der Waals surface area contributed by atoms with Crippen LogP contribution in [0.2, 0.25) is 0 Å². The maximum Gasteiger partial charge on any atom is 0.220 e. The molecule has 0 fully saturated rings. The number of nitrogens with one attached hydrogen (secondary N) is 1. The van der Waals surface area contributed by atoms with Gasteiger partial charge in [-0.15, -0.1) is 0 Å². The number of carbonyl (C=O) groups excluding carboxylic acids is 1. The van der Waals surface area contributed by atoms with Crippen LogP contribution in [0.25, 0.3) is 22.7 Å². The van der Waals surface area contributed by atoms with Crippen molar-refractivity contribution in [2.24, 2.45) is 0 Å². The summed E-state index contributed by atoms with van der Waals surface area (Å²) in [7, 11) is 1.65. The molecule has 0 bridgehead atoms. The van der Waals surface area contributed by atoms with E-state index in [4.69, 9.17) is 0 Å². The molecule has 3 aromatic heterocycles. The van der Waals surface area contributed by atoms with Crippen LogP contribution in [0, 0.1) is 0 Å². The lowest BCUT2D eigenvalue weighted by Crippen LogP contribution is -2.18. The second kappa shape index (κ2) is 6.79. The van der Waals surface area contributed by atoms with Gasteiger partial charge in [0.05, 0.1) is 17.4 Å². The largest absolute Gasteiger partial charge is 0.359 e. The molecule has 0 unspecified atom stereocenters. The van der Waals surface area contributed by atoms with Gasteiger partial charge in [0.2, 0.25) is 5.91 Å². The summed E-state index contributed by atoms with van der Waals surface area (Å²) in [6, 6.07) is 9.87. The summed E-state index contributed by atoms with van der Waals surface area (Å²) in [6.07, 6.45) is 10.1. The number of amides is 1. The molecule has 0 aliphatic carbocycles. The first kappa shape index (κ1) is 16.0. The first-order valence-electron chi connectivity index (χ1n) is 8.39. The van der Waals surface area contributed by atoms with E-state index in [1.54, 1.807) is 30.2 Å². The van der Waals surface area contributed by atoms with E-state index >= 15 is 0 Å². The third-order valence-electron chi connectivity index (χ3n) is 4.31. The van der Waals surface area contributed by atoms with Crippen LogP contribution in [-0.2, 0) is 11.2 Å². The van der Waals surface area contributed by atoms with Crippen LogP contribution in [0.5, 0.6) is 0 Å². The van der Waals surface area contributed by atoms with Gasteiger partial charge in [-0.3, -0.25) is 9.36 Å². The summed E-state index contributed by atoms with van der Waals surface area (Å²) in [5.41, 5.74) is 3.69. The molecule has 7 heteroatoms. The van der Waals surface area contributed by atoms with E-state index < -0.39 is 0 Å². The molecular formula is C19H18N6O. The van der Waals surface area contributed by atoms with Gasteiger partial charge >= 0.3 is 0 Å². The molecule has 1 N–H and O–H groups in total. The predicted molar refractivity (Wildman–Crippen MR) is 97.9 cm³/mol. The molecule has 1 amide bonds. The van der Waals surface area contributed by atoms with Crippen LogP contribution < -0.4 is 5.32 Å². The molecule has 0 aliphatic heterocycles. The average molecular weight is 346 g/mol. The fourth-order valence-electron chi connectivity index (χ4n) is 3.01. The Morgan fingerprint density at radius 1 is 1.12 bits per heavy atom. The normalized spacial score (nSPS) is 11.0. The van der Waals surface area contributed by atoms with Gasteiger partial charge in [-0.05, 0) is 24.1 Å². The molecule has 3 heterocycles. The minimum Gasteiger partial charge on any atom is -0.359 e. The van der Waals surface area contributed by atoms with Crippen molar-refractivity contribution in [3.63, 3.8) is 0 Å². The van der Waals surface area contributed by atoms with Crippen LogP contribution in [-0.4, -0.2) is 37.1 Å². The summed E-state index contributed by atoms with van der Waals surface area (Å²) in [5, 5.41) is 7.02. The Balaban J connectivity index is 1.77. The monoisotopic (exact) mass is 346 g/mol. The zero-order valence-electron chi connectivity index (χ0n) is 14.3. The lowest BCUT2D eigenvalue weighted by molar-refractivity contribution is -0.120. The number of para-hydroxylation sites is 1. The van der Waals surface area contributed by atoms with Crippen molar-refractivity contribution in [1.29, 1.82) is 0 Å². The van der Waals surface area contributed by atoms with E-state index in [1.807, 2.05) is 47.3 Å². The maximum absolute atomic E-state index is 11.6. The summed E-state index contributed by atoms with van der Waals surface area (Å²) < 4.78 is 3.75. The number of imidazole rings is 1. The zero-order valence-corrected chi connectivity index (χ0v) is 14.3. The van der Waals surface area contributed by atoms with Crippen molar-refractivity contribution in [3.8, 4) is 17.1 Å². The number of hydrogen-bond donors (Lipinski definition) is 1. The maximum atomic E-state index is 11.6. The summed E-state index contributed by atoms with van der Waals surface area (Å²) >= 11 is 0. The quantitative estimate of drug-likeness (QED) is 0.601. The highest BCUT2D eigenvalue weighted by molar-refractivity contribution is 5.76. The van der Waals surface area contributed by atoms with Gasteiger partial charge in [-0.25, -0.2) is 14.5 Å². The van der Waals surface area contributed by atoms with Crippen molar-refractivity contribution in [3.05, 3.63) is 66.9 Å². The van der Waals surface area contributed by atoms with Crippen LogP contribution in [0.1, 0.15) is 12.0 Å². The van der Waals surface area contributed by atoms with E-state index in [2.05, 4.69) is 20.4 Å². The van der Waals surface area contributed by atoms with Gasteiger partial charge in [-0.1, -0.05) is 18.2 Å². The zero-order chi connectivity index (χ0) is 17.9. The number of aromatic nitrogens is 5. The molecule has 1 aromatic carbocycles. The number of carbonyl (C=O) groups is 1. The summed E-state index contributed by atoms with van der Waals surface area (Å²) in [6.45, 7) is 0. The van der Waals surface area contributed by atoms with Gasteiger partial charge < -0.3 is 5.32 Å². The lowest BCUT2D eigenvalue weighted by Gasteiger charge is -2.12. The third-order valence-corrected chi connectivity index (χ3v) is 4.31. The molecule has 0 radical (unpaired) electrons. The number of rotatable bonds is 5. The van der Waals surface area contributed by atoms with Crippen LogP contribution in [0.4, 0.5) is 0 Å². The third kappa shape index (κ3) is 2.83. The molecule has 0 spiro atoms. The fraction of sp³-hybridized carbons (Fsp3) is 0.158. The van der Waals surface area contributed by atoms with E-state index in [1.165, 1.54) is 0 Å². The Morgan fingerprint density at radius 3 is 2.88 bits per heavy atom. The number of hydrogen-bond acceptors (Lipinski definition) is 4.